The van der Waals surface area contributed by atoms with Crippen LogP contribution in [0, 0.1) is 6.92 Å². The molecule has 0 aliphatic carbocycles. The molecule has 7 nitrogen and oxygen atoms in total. The average molecular weight is 414 g/mol. The van der Waals surface area contributed by atoms with Gasteiger partial charge in [0, 0.05) is 24.2 Å². The maximum Gasteiger partial charge on any atom is 0.340 e. The largest absolute Gasteiger partial charge is 0.465 e. The molecular weight excluding hydrogens is 390 g/mol. The fourth-order valence-electron chi connectivity index (χ4n) is 4.04. The molecule has 3 heterocycles. The Hall–Kier alpha value is -2.67. The first-order valence-electron chi connectivity index (χ1n) is 9.91. The first-order chi connectivity index (χ1) is 14.0. The molecule has 0 unspecified atom stereocenters. The summed E-state index contributed by atoms with van der Waals surface area (Å²) < 4.78 is 7.10. The fourth-order valence-corrected chi connectivity index (χ4v) is 4.32. The van der Waals surface area contributed by atoms with Crippen LogP contribution in [0.2, 0.25) is 5.02 Å². The van der Waals surface area contributed by atoms with Gasteiger partial charge in [-0.05, 0) is 32.3 Å². The number of nitrogens with one attached hydrogen (secondary N) is 1. The molecule has 0 fully saturated rings. The van der Waals surface area contributed by atoms with Crippen molar-refractivity contribution in [2.45, 2.75) is 46.6 Å². The van der Waals surface area contributed by atoms with Crippen LogP contribution in [0.15, 0.2) is 6.07 Å². The van der Waals surface area contributed by atoms with Crippen LogP contribution in [0.3, 0.4) is 0 Å². The minimum atomic E-state index is -0.412. The molecule has 29 heavy (non-hydrogen) atoms. The van der Waals surface area contributed by atoms with Gasteiger partial charge >= 0.3 is 5.97 Å². The summed E-state index contributed by atoms with van der Waals surface area (Å²) in [5.41, 5.74) is 5.19. The molecule has 0 atom stereocenters. The maximum atomic E-state index is 12.7. The molecular formula is C21H24ClN5O2. The Labute approximate surface area is 174 Å². The lowest BCUT2D eigenvalue weighted by molar-refractivity contribution is 0.0602. The van der Waals surface area contributed by atoms with Gasteiger partial charge in [-0.2, -0.15) is 0 Å². The quantitative estimate of drug-likeness (QED) is 0.646. The van der Waals surface area contributed by atoms with Gasteiger partial charge in [-0.1, -0.05) is 25.4 Å². The number of hydrogen-bond donors (Lipinski definition) is 1. The molecule has 4 rings (SSSR count). The van der Waals surface area contributed by atoms with Crippen LogP contribution in [0.1, 0.15) is 47.8 Å². The predicted molar refractivity (Wildman–Crippen MR) is 114 cm³/mol. The van der Waals surface area contributed by atoms with E-state index in [0.717, 1.165) is 66.6 Å². The molecule has 0 bridgehead atoms. The number of benzene rings is 1. The highest BCUT2D eigenvalue weighted by Gasteiger charge is 2.27. The summed E-state index contributed by atoms with van der Waals surface area (Å²) in [6.45, 7) is 7.61. The number of esters is 1. The van der Waals surface area contributed by atoms with Crippen molar-refractivity contribution in [2.24, 2.45) is 0 Å². The van der Waals surface area contributed by atoms with Gasteiger partial charge in [0.1, 0.15) is 11.3 Å². The summed E-state index contributed by atoms with van der Waals surface area (Å²) in [4.78, 5) is 26.7. The van der Waals surface area contributed by atoms with Crippen LogP contribution in [0.4, 0.5) is 5.95 Å². The Kier molecular flexibility index (Phi) is 5.17. The number of fused-ring (bicyclic) bond motifs is 3. The zero-order chi connectivity index (χ0) is 20.7. The van der Waals surface area contributed by atoms with Gasteiger partial charge < -0.3 is 14.6 Å². The van der Waals surface area contributed by atoms with Crippen LogP contribution < -0.4 is 5.32 Å². The molecule has 1 aliphatic heterocycles. The number of carbonyl (C=O) groups is 1. The third-order valence-corrected chi connectivity index (χ3v) is 5.70. The third kappa shape index (κ3) is 3.13. The third-order valence-electron chi connectivity index (χ3n) is 5.31. The van der Waals surface area contributed by atoms with Crippen molar-refractivity contribution >= 4 is 34.6 Å². The monoisotopic (exact) mass is 413 g/mol. The molecule has 1 aromatic carbocycles. The lowest BCUT2D eigenvalue weighted by atomic mass is 9.96. The number of nitrogens with zero attached hydrogens (tertiary/aromatic N) is 4. The standard InChI is InChI=1S/C21H24ClN5O2/c1-5-14-16(15(6-2)25-11(3)24-14)12-10-13(20(28)29-4)19-18(17(12)22)26-21-23-8-7-9-27(19)21/h10H,5-9H2,1-4H3,(H,23,26). The fraction of sp³-hybridized carbons (Fsp3) is 0.429. The van der Waals surface area contributed by atoms with Crippen LogP contribution in [-0.4, -0.2) is 39.1 Å². The van der Waals surface area contributed by atoms with E-state index in [1.807, 2.05) is 17.6 Å². The lowest BCUT2D eigenvalue weighted by Crippen LogP contribution is -2.18. The van der Waals surface area contributed by atoms with Gasteiger partial charge in [0.05, 0.1) is 34.6 Å². The topological polar surface area (TPSA) is 81.9 Å². The highest BCUT2D eigenvalue weighted by Crippen LogP contribution is 2.40. The van der Waals surface area contributed by atoms with E-state index in [2.05, 4.69) is 29.1 Å². The number of hydrogen-bond acceptors (Lipinski definition) is 6. The Morgan fingerprint density at radius 2 is 1.93 bits per heavy atom. The summed E-state index contributed by atoms with van der Waals surface area (Å²) in [7, 11) is 1.39. The minimum absolute atomic E-state index is 0.412. The second kappa shape index (κ2) is 7.63. The number of carbonyl (C=O) groups excluding carboxylic acids is 1. The van der Waals surface area contributed by atoms with Crippen molar-refractivity contribution in [3.63, 3.8) is 0 Å². The summed E-state index contributed by atoms with van der Waals surface area (Å²) in [5.74, 6) is 1.04. The van der Waals surface area contributed by atoms with Crippen molar-refractivity contribution < 1.29 is 9.53 Å². The molecule has 1 N–H and O–H groups in total. The van der Waals surface area contributed by atoms with E-state index in [4.69, 9.17) is 21.3 Å². The molecule has 0 saturated heterocycles. The number of imidazole rings is 1. The predicted octanol–water partition coefficient (Wildman–Crippen LogP) is 4.18. The first-order valence-corrected chi connectivity index (χ1v) is 10.3. The number of rotatable bonds is 4. The van der Waals surface area contributed by atoms with Gasteiger partial charge in [0.25, 0.3) is 0 Å². The van der Waals surface area contributed by atoms with Crippen molar-refractivity contribution in [2.75, 3.05) is 19.0 Å². The van der Waals surface area contributed by atoms with Crippen LogP contribution in [0.25, 0.3) is 22.2 Å². The molecule has 0 radical (unpaired) electrons. The summed E-state index contributed by atoms with van der Waals surface area (Å²) in [6.07, 6.45) is 2.41. The second-order valence-corrected chi connectivity index (χ2v) is 7.47. The number of halogens is 1. The van der Waals surface area contributed by atoms with E-state index in [-0.39, 0.29) is 0 Å². The highest BCUT2D eigenvalue weighted by atomic mass is 35.5. The van der Waals surface area contributed by atoms with E-state index < -0.39 is 5.97 Å². The summed E-state index contributed by atoms with van der Waals surface area (Å²) in [6, 6.07) is 1.81. The molecule has 2 aromatic heterocycles. The SMILES string of the molecule is CCc1nc(C)nc(CC)c1-c1cc(C(=O)OC)c2c(nc3n2CCCN3)c1Cl. The van der Waals surface area contributed by atoms with Crippen LogP contribution in [0.5, 0.6) is 0 Å². The average Bonchev–Trinajstić information content (AvgIpc) is 3.13. The van der Waals surface area contributed by atoms with E-state index >= 15 is 0 Å². The van der Waals surface area contributed by atoms with E-state index in [0.29, 0.717) is 21.6 Å². The highest BCUT2D eigenvalue weighted by molar-refractivity contribution is 6.38. The van der Waals surface area contributed by atoms with Gasteiger partial charge in [-0.3, -0.25) is 0 Å². The zero-order valence-electron chi connectivity index (χ0n) is 17.1. The lowest BCUT2D eigenvalue weighted by Gasteiger charge is -2.18. The Morgan fingerprint density at radius 1 is 1.24 bits per heavy atom. The van der Waals surface area contributed by atoms with E-state index in [9.17, 15) is 4.79 Å². The zero-order valence-corrected chi connectivity index (χ0v) is 17.9. The Morgan fingerprint density at radius 3 is 2.55 bits per heavy atom. The van der Waals surface area contributed by atoms with Gasteiger partial charge in [-0.15, -0.1) is 0 Å². The number of methoxy groups -OCH3 is 1. The maximum absolute atomic E-state index is 12.7. The van der Waals surface area contributed by atoms with Crippen molar-refractivity contribution in [1.82, 2.24) is 19.5 Å². The molecule has 152 valence electrons. The van der Waals surface area contributed by atoms with Crippen molar-refractivity contribution in [3.8, 4) is 11.1 Å². The minimum Gasteiger partial charge on any atom is -0.465 e. The van der Waals surface area contributed by atoms with Gasteiger partial charge in [0.15, 0.2) is 0 Å². The van der Waals surface area contributed by atoms with Crippen LogP contribution >= 0.6 is 11.6 Å². The molecule has 1 aliphatic rings. The Balaban J connectivity index is 2.10. The second-order valence-electron chi connectivity index (χ2n) is 7.09. The van der Waals surface area contributed by atoms with Gasteiger partial charge in [0.2, 0.25) is 5.95 Å². The number of aryl methyl sites for hydroxylation is 4. The summed E-state index contributed by atoms with van der Waals surface area (Å²) in [5, 5.41) is 3.80. The first kappa shape index (κ1) is 19.6. The van der Waals surface area contributed by atoms with Crippen molar-refractivity contribution in [1.29, 1.82) is 0 Å². The molecule has 0 saturated carbocycles. The molecule has 3 aromatic rings. The van der Waals surface area contributed by atoms with Crippen LogP contribution in [-0.2, 0) is 24.1 Å². The molecule has 8 heteroatoms. The number of ether oxygens (including phenoxy) is 1. The smallest absolute Gasteiger partial charge is 0.340 e. The summed E-state index contributed by atoms with van der Waals surface area (Å²) >= 11 is 6.90. The van der Waals surface area contributed by atoms with Crippen molar-refractivity contribution in [3.05, 3.63) is 33.9 Å². The Bertz CT molecular complexity index is 1100. The van der Waals surface area contributed by atoms with E-state index in [1.54, 1.807) is 0 Å². The van der Waals surface area contributed by atoms with Gasteiger partial charge in [-0.25, -0.2) is 19.7 Å². The molecule has 0 amide bonds. The number of aromatic nitrogens is 4. The number of anilines is 1. The van der Waals surface area contributed by atoms with E-state index in [1.165, 1.54) is 7.11 Å². The normalized spacial score (nSPS) is 13.3. The molecule has 0 spiro atoms.